The van der Waals surface area contributed by atoms with Crippen LogP contribution in [0.15, 0.2) is 70.9 Å². The average Bonchev–Trinajstić information content (AvgIpc) is 3.76. The Morgan fingerprint density at radius 3 is 2.56 bits per heavy atom. The molecule has 1 spiro atoms. The Hall–Kier alpha value is -4.74. The van der Waals surface area contributed by atoms with Gasteiger partial charge in [-0.05, 0) is 84.4 Å². The molecule has 0 unspecified atom stereocenters. The lowest BCUT2D eigenvalue weighted by atomic mass is 9.78. The van der Waals surface area contributed by atoms with E-state index >= 15 is 0 Å². The fraction of sp³-hybridized carbons (Fsp3) is 0.405. The third-order valence-electron chi connectivity index (χ3n) is 10.6. The molecule has 3 aliphatic rings. The quantitative estimate of drug-likeness (QED) is 0.274. The van der Waals surface area contributed by atoms with Crippen LogP contribution in [0, 0.1) is 10.8 Å². The number of aliphatic hydroxyl groups is 1. The number of ether oxygens (including phenoxy) is 1. The number of nitrogens with zero attached hydrogens (tertiary/aromatic N) is 6. The summed E-state index contributed by atoms with van der Waals surface area (Å²) in [6.45, 7) is 7.85. The summed E-state index contributed by atoms with van der Waals surface area (Å²) in [6, 6.07) is 9.49. The molecule has 0 bridgehead atoms. The molecule has 11 heteroatoms. The Balaban J connectivity index is 1.08. The van der Waals surface area contributed by atoms with Crippen LogP contribution < -0.4 is 21.3 Å². The van der Waals surface area contributed by atoms with E-state index in [2.05, 4.69) is 34.0 Å². The highest BCUT2D eigenvalue weighted by Crippen LogP contribution is 2.40. The molecule has 48 heavy (non-hydrogen) atoms. The molecule has 2 saturated heterocycles. The van der Waals surface area contributed by atoms with Gasteiger partial charge in [-0.3, -0.25) is 14.2 Å². The minimum atomic E-state index is -0.346. The number of hydrogen-bond acceptors (Lipinski definition) is 8. The standard InChI is InChI=1S/C37H41N7O4/c1-36(2)18-24-17-30-35(47)44(14-13-43(30)31(24)19-36)33-28(22-45)27(6-10-38-33)25-16-29(34(46)41(3)21-25)40-32-5-4-26(20-39-32)42-11-7-37(8-12-42)9-15-48-23-37/h4-6,10,13-14,16-17,20-21,45H,7-9,11-12,15,18-19,22-23H2,1-3H3,(H,39,40). The predicted octanol–water partition coefficient (Wildman–Crippen LogP) is 4.61. The van der Waals surface area contributed by atoms with Crippen LogP contribution in [-0.2, 0) is 31.2 Å². The van der Waals surface area contributed by atoms with E-state index in [0.29, 0.717) is 44.9 Å². The molecule has 0 atom stereocenters. The van der Waals surface area contributed by atoms with Crippen molar-refractivity contribution in [2.75, 3.05) is 36.5 Å². The first-order valence-electron chi connectivity index (χ1n) is 16.7. The van der Waals surface area contributed by atoms with Crippen LogP contribution in [0.5, 0.6) is 0 Å². The molecule has 11 nitrogen and oxygen atoms in total. The van der Waals surface area contributed by atoms with Crippen molar-refractivity contribution >= 4 is 22.7 Å². The molecule has 0 saturated carbocycles. The van der Waals surface area contributed by atoms with Gasteiger partial charge in [-0.25, -0.2) is 9.97 Å². The summed E-state index contributed by atoms with van der Waals surface area (Å²) in [5.41, 5.74) is 6.35. The van der Waals surface area contributed by atoms with E-state index in [-0.39, 0.29) is 23.1 Å². The van der Waals surface area contributed by atoms with Crippen LogP contribution in [0.3, 0.4) is 0 Å². The Bertz CT molecular complexity index is 2150. The number of rotatable bonds is 6. The van der Waals surface area contributed by atoms with Crippen molar-refractivity contribution < 1.29 is 9.84 Å². The highest BCUT2D eigenvalue weighted by Gasteiger charge is 2.38. The lowest BCUT2D eigenvalue weighted by Crippen LogP contribution is -2.40. The molecule has 0 amide bonds. The van der Waals surface area contributed by atoms with Crippen molar-refractivity contribution in [1.82, 2.24) is 23.5 Å². The van der Waals surface area contributed by atoms with Gasteiger partial charge in [0.2, 0.25) is 0 Å². The van der Waals surface area contributed by atoms with E-state index in [1.165, 1.54) is 20.4 Å². The summed E-state index contributed by atoms with van der Waals surface area (Å²) >= 11 is 0. The first kappa shape index (κ1) is 30.6. The number of aromatic nitrogens is 5. The molecule has 8 rings (SSSR count). The smallest absolute Gasteiger partial charge is 0.280 e. The molecule has 2 aliphatic heterocycles. The predicted molar refractivity (Wildman–Crippen MR) is 185 cm³/mol. The summed E-state index contributed by atoms with van der Waals surface area (Å²) in [5, 5.41) is 13.9. The number of aliphatic hydroxyl groups excluding tert-OH is 1. The maximum atomic E-state index is 13.8. The number of hydrogen-bond donors (Lipinski definition) is 2. The van der Waals surface area contributed by atoms with Gasteiger partial charge in [0.15, 0.2) is 0 Å². The van der Waals surface area contributed by atoms with Crippen molar-refractivity contribution in [2.45, 2.75) is 52.6 Å². The van der Waals surface area contributed by atoms with Crippen LogP contribution in [0.25, 0.3) is 22.5 Å². The van der Waals surface area contributed by atoms with E-state index in [1.807, 2.05) is 35.0 Å². The van der Waals surface area contributed by atoms with Gasteiger partial charge in [-0.15, -0.1) is 0 Å². The zero-order valence-electron chi connectivity index (χ0n) is 27.7. The molecule has 1 aliphatic carbocycles. The summed E-state index contributed by atoms with van der Waals surface area (Å²) in [7, 11) is 1.69. The second-order valence-corrected chi connectivity index (χ2v) is 14.6. The third-order valence-corrected chi connectivity index (χ3v) is 10.6. The molecule has 5 aromatic heterocycles. The number of pyridine rings is 3. The van der Waals surface area contributed by atoms with Crippen LogP contribution in [0.4, 0.5) is 17.2 Å². The van der Waals surface area contributed by atoms with Crippen LogP contribution in [0.2, 0.25) is 0 Å². The molecule has 7 heterocycles. The van der Waals surface area contributed by atoms with Crippen molar-refractivity contribution in [2.24, 2.45) is 17.9 Å². The first-order chi connectivity index (χ1) is 23.1. The van der Waals surface area contributed by atoms with Gasteiger partial charge >= 0.3 is 0 Å². The number of nitrogens with one attached hydrogen (secondary N) is 1. The summed E-state index contributed by atoms with van der Waals surface area (Å²) in [6.07, 6.45) is 14.1. The third kappa shape index (κ3) is 5.21. The number of fused-ring (bicyclic) bond motifs is 3. The minimum Gasteiger partial charge on any atom is -0.392 e. The SMILES string of the molecule is Cn1cc(-c2ccnc(-n3ccn4c5c(cc4c3=O)CC(C)(C)C5)c2CO)cc(Nc2ccc(N3CCC4(CCOC4)CC3)cn2)c1=O. The zero-order chi connectivity index (χ0) is 33.2. The highest BCUT2D eigenvalue weighted by atomic mass is 16.5. The first-order valence-corrected chi connectivity index (χ1v) is 16.7. The number of piperidine rings is 1. The monoisotopic (exact) mass is 647 g/mol. The Kier molecular flexibility index (Phi) is 7.30. The van der Waals surface area contributed by atoms with Gasteiger partial charge in [0, 0.05) is 68.4 Å². The molecule has 5 aromatic rings. The van der Waals surface area contributed by atoms with E-state index in [4.69, 9.17) is 4.74 Å². The van der Waals surface area contributed by atoms with Gasteiger partial charge in [0.25, 0.3) is 11.1 Å². The Morgan fingerprint density at radius 1 is 1.00 bits per heavy atom. The zero-order valence-corrected chi connectivity index (χ0v) is 27.7. The fourth-order valence-electron chi connectivity index (χ4n) is 7.96. The molecule has 0 radical (unpaired) electrons. The fourth-order valence-corrected chi connectivity index (χ4v) is 7.96. The van der Waals surface area contributed by atoms with Gasteiger partial charge in [0.1, 0.15) is 22.8 Å². The van der Waals surface area contributed by atoms with Crippen LogP contribution in [0.1, 0.15) is 49.9 Å². The van der Waals surface area contributed by atoms with Crippen molar-refractivity contribution in [1.29, 1.82) is 0 Å². The van der Waals surface area contributed by atoms with E-state index in [0.717, 1.165) is 64.1 Å². The molecular formula is C37H41N7O4. The summed E-state index contributed by atoms with van der Waals surface area (Å²) in [4.78, 5) is 38.6. The number of anilines is 3. The van der Waals surface area contributed by atoms with E-state index in [1.54, 1.807) is 37.8 Å². The Morgan fingerprint density at radius 2 is 1.83 bits per heavy atom. The number of aryl methyl sites for hydroxylation is 1. The normalized spacial score (nSPS) is 18.1. The van der Waals surface area contributed by atoms with Gasteiger partial charge < -0.3 is 29.0 Å². The summed E-state index contributed by atoms with van der Waals surface area (Å²) < 4.78 is 10.7. The molecule has 248 valence electrons. The average molecular weight is 648 g/mol. The summed E-state index contributed by atoms with van der Waals surface area (Å²) in [5.74, 6) is 0.916. The van der Waals surface area contributed by atoms with Crippen molar-refractivity contribution in [3.63, 3.8) is 0 Å². The van der Waals surface area contributed by atoms with Crippen LogP contribution in [-0.4, -0.2) is 54.9 Å². The highest BCUT2D eigenvalue weighted by molar-refractivity contribution is 5.73. The maximum Gasteiger partial charge on any atom is 0.280 e. The molecule has 2 fully saturated rings. The van der Waals surface area contributed by atoms with Gasteiger partial charge in [0.05, 0.1) is 25.1 Å². The topological polar surface area (TPSA) is 119 Å². The lowest BCUT2D eigenvalue weighted by molar-refractivity contribution is 0.134. The molecule has 2 N–H and O–H groups in total. The van der Waals surface area contributed by atoms with Gasteiger partial charge in [-0.2, -0.15) is 0 Å². The van der Waals surface area contributed by atoms with E-state index < -0.39 is 0 Å². The Labute approximate surface area is 278 Å². The van der Waals surface area contributed by atoms with Crippen molar-refractivity contribution in [3.05, 3.63) is 98.8 Å². The van der Waals surface area contributed by atoms with Crippen molar-refractivity contribution in [3.8, 4) is 16.9 Å². The molecule has 0 aromatic carbocycles. The molecular weight excluding hydrogens is 606 g/mol. The largest absolute Gasteiger partial charge is 0.392 e. The second-order valence-electron chi connectivity index (χ2n) is 14.6. The second kappa shape index (κ2) is 11.5. The maximum absolute atomic E-state index is 13.8. The lowest BCUT2D eigenvalue weighted by Gasteiger charge is -2.39. The van der Waals surface area contributed by atoms with Crippen LogP contribution >= 0.6 is 0 Å². The van der Waals surface area contributed by atoms with Gasteiger partial charge in [-0.1, -0.05) is 13.8 Å². The minimum absolute atomic E-state index is 0.173. The van der Waals surface area contributed by atoms with E-state index in [9.17, 15) is 14.7 Å².